The standard InChI is InChI=1S/C15H24ClNO3/c16-14-6-4-13(5-7-14)11-20-12-15(19)10-17-8-2-1-3-9-18/h4-7,15,17-19H,1-3,8-12H2. The summed E-state index contributed by atoms with van der Waals surface area (Å²) in [5.74, 6) is 0. The van der Waals surface area contributed by atoms with E-state index in [0.29, 0.717) is 24.8 Å². The van der Waals surface area contributed by atoms with Crippen molar-refractivity contribution < 1.29 is 14.9 Å². The highest BCUT2D eigenvalue weighted by Gasteiger charge is 2.03. The molecule has 4 nitrogen and oxygen atoms in total. The Labute approximate surface area is 125 Å². The molecule has 0 bridgehead atoms. The number of unbranched alkanes of at least 4 members (excludes halogenated alkanes) is 2. The summed E-state index contributed by atoms with van der Waals surface area (Å²) in [6, 6.07) is 7.47. The van der Waals surface area contributed by atoms with Gasteiger partial charge in [0.15, 0.2) is 0 Å². The first-order valence-corrected chi connectivity index (χ1v) is 7.42. The molecule has 114 valence electrons. The lowest BCUT2D eigenvalue weighted by molar-refractivity contribution is 0.0289. The van der Waals surface area contributed by atoms with Crippen molar-refractivity contribution >= 4 is 11.6 Å². The number of hydrogen-bond donors (Lipinski definition) is 3. The molecule has 0 fully saturated rings. The normalized spacial score (nSPS) is 12.6. The summed E-state index contributed by atoms with van der Waals surface area (Å²) in [6.45, 7) is 2.42. The largest absolute Gasteiger partial charge is 0.396 e. The van der Waals surface area contributed by atoms with Crippen LogP contribution in [0, 0.1) is 0 Å². The van der Waals surface area contributed by atoms with Crippen LogP contribution >= 0.6 is 11.6 Å². The van der Waals surface area contributed by atoms with Gasteiger partial charge in [0.2, 0.25) is 0 Å². The van der Waals surface area contributed by atoms with Crippen molar-refractivity contribution in [2.24, 2.45) is 0 Å². The van der Waals surface area contributed by atoms with E-state index in [0.717, 1.165) is 31.4 Å². The van der Waals surface area contributed by atoms with Gasteiger partial charge >= 0.3 is 0 Å². The van der Waals surface area contributed by atoms with Gasteiger partial charge < -0.3 is 20.3 Å². The second-order valence-corrected chi connectivity index (χ2v) is 5.22. The molecule has 1 unspecified atom stereocenters. The molecule has 0 saturated heterocycles. The number of ether oxygens (including phenoxy) is 1. The fourth-order valence-corrected chi connectivity index (χ4v) is 1.89. The Hall–Kier alpha value is -0.650. The minimum Gasteiger partial charge on any atom is -0.396 e. The van der Waals surface area contributed by atoms with E-state index in [1.165, 1.54) is 0 Å². The summed E-state index contributed by atoms with van der Waals surface area (Å²) in [5.41, 5.74) is 1.04. The van der Waals surface area contributed by atoms with Crippen LogP contribution in [0.3, 0.4) is 0 Å². The summed E-state index contributed by atoms with van der Waals surface area (Å²) < 4.78 is 5.45. The Bertz CT molecular complexity index is 345. The molecule has 0 heterocycles. The van der Waals surface area contributed by atoms with Gasteiger partial charge in [-0.15, -0.1) is 0 Å². The second-order valence-electron chi connectivity index (χ2n) is 4.78. The average Bonchev–Trinajstić information content (AvgIpc) is 2.45. The van der Waals surface area contributed by atoms with Crippen molar-refractivity contribution in [2.75, 3.05) is 26.3 Å². The van der Waals surface area contributed by atoms with Crippen LogP contribution in [-0.4, -0.2) is 42.6 Å². The first-order chi connectivity index (χ1) is 9.72. The highest BCUT2D eigenvalue weighted by Crippen LogP contribution is 2.10. The van der Waals surface area contributed by atoms with Gasteiger partial charge in [-0.2, -0.15) is 0 Å². The minimum absolute atomic E-state index is 0.251. The van der Waals surface area contributed by atoms with Crippen LogP contribution in [0.5, 0.6) is 0 Å². The van der Waals surface area contributed by atoms with Gasteiger partial charge in [-0.05, 0) is 43.5 Å². The van der Waals surface area contributed by atoms with E-state index < -0.39 is 6.10 Å². The highest BCUT2D eigenvalue weighted by molar-refractivity contribution is 6.30. The predicted molar refractivity (Wildman–Crippen MR) is 80.9 cm³/mol. The predicted octanol–water partition coefficient (Wildman–Crippen LogP) is 1.97. The highest BCUT2D eigenvalue weighted by atomic mass is 35.5. The molecule has 0 radical (unpaired) electrons. The maximum Gasteiger partial charge on any atom is 0.0897 e. The van der Waals surface area contributed by atoms with Crippen molar-refractivity contribution in [3.05, 3.63) is 34.9 Å². The fourth-order valence-electron chi connectivity index (χ4n) is 1.76. The molecule has 1 atom stereocenters. The number of halogens is 1. The van der Waals surface area contributed by atoms with Crippen molar-refractivity contribution in [1.29, 1.82) is 0 Å². The lowest BCUT2D eigenvalue weighted by Crippen LogP contribution is -2.31. The summed E-state index contributed by atoms with van der Waals surface area (Å²) in [5, 5.41) is 22.2. The monoisotopic (exact) mass is 301 g/mol. The number of hydrogen-bond acceptors (Lipinski definition) is 4. The molecule has 3 N–H and O–H groups in total. The van der Waals surface area contributed by atoms with Gasteiger partial charge in [0.05, 0.1) is 19.3 Å². The Balaban J connectivity index is 1.99. The average molecular weight is 302 g/mol. The van der Waals surface area contributed by atoms with E-state index in [4.69, 9.17) is 21.4 Å². The van der Waals surface area contributed by atoms with Gasteiger partial charge in [-0.1, -0.05) is 23.7 Å². The molecule has 0 saturated carbocycles. The number of aliphatic hydroxyl groups is 2. The zero-order chi connectivity index (χ0) is 14.6. The Morgan fingerprint density at radius 3 is 2.60 bits per heavy atom. The maximum atomic E-state index is 9.73. The van der Waals surface area contributed by atoms with Crippen LogP contribution in [0.15, 0.2) is 24.3 Å². The molecule has 20 heavy (non-hydrogen) atoms. The summed E-state index contributed by atoms with van der Waals surface area (Å²) in [7, 11) is 0. The van der Waals surface area contributed by atoms with Crippen LogP contribution in [0.4, 0.5) is 0 Å². The number of nitrogens with one attached hydrogen (secondary N) is 1. The first-order valence-electron chi connectivity index (χ1n) is 7.04. The molecule has 5 heteroatoms. The lowest BCUT2D eigenvalue weighted by atomic mass is 10.2. The van der Waals surface area contributed by atoms with Gasteiger partial charge in [0.25, 0.3) is 0 Å². The number of rotatable bonds is 11. The second kappa shape index (κ2) is 11.1. The third-order valence-corrected chi connectivity index (χ3v) is 3.14. The molecule has 1 aromatic rings. The van der Waals surface area contributed by atoms with E-state index in [2.05, 4.69) is 5.32 Å². The molecular weight excluding hydrogens is 278 g/mol. The quantitative estimate of drug-likeness (QED) is 0.547. The SMILES string of the molecule is OCCCCCNCC(O)COCc1ccc(Cl)cc1. The lowest BCUT2D eigenvalue weighted by Gasteiger charge is -2.12. The smallest absolute Gasteiger partial charge is 0.0897 e. The van der Waals surface area contributed by atoms with Gasteiger partial charge in [-0.25, -0.2) is 0 Å². The minimum atomic E-state index is -0.500. The van der Waals surface area contributed by atoms with E-state index in [9.17, 15) is 5.11 Å². The molecule has 1 rings (SSSR count). The van der Waals surface area contributed by atoms with E-state index in [1.807, 2.05) is 24.3 Å². The maximum absolute atomic E-state index is 9.73. The van der Waals surface area contributed by atoms with E-state index in [-0.39, 0.29) is 6.61 Å². The molecule has 0 aliphatic rings. The van der Waals surface area contributed by atoms with Crippen molar-refractivity contribution in [3.63, 3.8) is 0 Å². The zero-order valence-corrected chi connectivity index (χ0v) is 12.5. The molecule has 1 aromatic carbocycles. The van der Waals surface area contributed by atoms with Crippen LogP contribution in [0.1, 0.15) is 24.8 Å². The molecule has 0 amide bonds. The van der Waals surface area contributed by atoms with E-state index >= 15 is 0 Å². The summed E-state index contributed by atoms with van der Waals surface area (Å²) in [6.07, 6.45) is 2.36. The Kier molecular flexibility index (Phi) is 9.62. The van der Waals surface area contributed by atoms with Crippen molar-refractivity contribution in [2.45, 2.75) is 32.0 Å². The molecular formula is C15H24ClNO3. The van der Waals surface area contributed by atoms with E-state index in [1.54, 1.807) is 0 Å². The van der Waals surface area contributed by atoms with Crippen LogP contribution < -0.4 is 5.32 Å². The number of aliphatic hydroxyl groups excluding tert-OH is 2. The summed E-state index contributed by atoms with van der Waals surface area (Å²) in [4.78, 5) is 0. The number of benzene rings is 1. The Morgan fingerprint density at radius 2 is 1.90 bits per heavy atom. The van der Waals surface area contributed by atoms with Crippen LogP contribution in [0.2, 0.25) is 5.02 Å². The topological polar surface area (TPSA) is 61.7 Å². The third-order valence-electron chi connectivity index (χ3n) is 2.88. The van der Waals surface area contributed by atoms with Gasteiger partial charge in [0, 0.05) is 18.2 Å². The summed E-state index contributed by atoms with van der Waals surface area (Å²) >= 11 is 5.80. The fraction of sp³-hybridized carbons (Fsp3) is 0.600. The van der Waals surface area contributed by atoms with Crippen LogP contribution in [-0.2, 0) is 11.3 Å². The third kappa shape index (κ3) is 8.51. The van der Waals surface area contributed by atoms with Gasteiger partial charge in [0.1, 0.15) is 0 Å². The molecule has 0 aromatic heterocycles. The first kappa shape index (κ1) is 17.4. The molecule has 0 aliphatic carbocycles. The van der Waals surface area contributed by atoms with Crippen molar-refractivity contribution in [1.82, 2.24) is 5.32 Å². The van der Waals surface area contributed by atoms with Crippen molar-refractivity contribution in [3.8, 4) is 0 Å². The molecule has 0 aliphatic heterocycles. The zero-order valence-electron chi connectivity index (χ0n) is 11.7. The Morgan fingerprint density at radius 1 is 1.15 bits per heavy atom. The van der Waals surface area contributed by atoms with Gasteiger partial charge in [-0.3, -0.25) is 0 Å². The van der Waals surface area contributed by atoms with Crippen LogP contribution in [0.25, 0.3) is 0 Å². The molecule has 0 spiro atoms.